The van der Waals surface area contributed by atoms with Crippen molar-refractivity contribution in [3.8, 4) is 28.2 Å². The number of allylic oxidation sites excluding steroid dienone is 1. The van der Waals surface area contributed by atoms with Gasteiger partial charge in [-0.15, -0.1) is 0 Å². The zero-order valence-corrected chi connectivity index (χ0v) is 16.9. The molecule has 1 N–H and O–H groups in total. The fraction of sp³-hybridized carbons (Fsp3) is 0.0870. The summed E-state index contributed by atoms with van der Waals surface area (Å²) in [4.78, 5) is 12.1. The van der Waals surface area contributed by atoms with Crippen LogP contribution in [0.3, 0.4) is 0 Å². The van der Waals surface area contributed by atoms with Crippen LogP contribution in [0.25, 0.3) is 33.4 Å². The standard InChI is InChI=1S/C23H16Cl2O4/c1-2-7-28-22-11-21-16(9-18(22)25)23(14-6-4-3-5-13(14)12-26)15-8-17(24)19(27)10-20(15)29-21/h2-11,26H,12H2,1H3/b7-2+. The SMILES string of the molecule is C/C=C/Oc1cc2oc3cc(=O)c(Cl)cc-3c(-c3ccccc3CO)c2cc1Cl. The van der Waals surface area contributed by atoms with Crippen molar-refractivity contribution in [1.29, 1.82) is 0 Å². The molecule has 0 bridgehead atoms. The van der Waals surface area contributed by atoms with Crippen LogP contribution in [-0.2, 0) is 6.61 Å². The Kier molecular flexibility index (Phi) is 5.33. The van der Waals surface area contributed by atoms with Crippen LogP contribution < -0.4 is 10.2 Å². The fourth-order valence-electron chi connectivity index (χ4n) is 3.32. The van der Waals surface area contributed by atoms with Crippen molar-refractivity contribution in [2.45, 2.75) is 13.5 Å². The van der Waals surface area contributed by atoms with E-state index in [0.717, 1.165) is 16.7 Å². The predicted octanol–water partition coefficient (Wildman–Crippen LogP) is 6.28. The van der Waals surface area contributed by atoms with Gasteiger partial charge in [-0.3, -0.25) is 4.79 Å². The maximum Gasteiger partial charge on any atom is 0.200 e. The van der Waals surface area contributed by atoms with Gasteiger partial charge in [0.2, 0.25) is 5.43 Å². The highest BCUT2D eigenvalue weighted by Gasteiger charge is 2.21. The Morgan fingerprint density at radius 2 is 1.86 bits per heavy atom. The molecular weight excluding hydrogens is 411 g/mol. The van der Waals surface area contributed by atoms with E-state index in [0.29, 0.717) is 33.1 Å². The lowest BCUT2D eigenvalue weighted by Gasteiger charge is -2.18. The van der Waals surface area contributed by atoms with Gasteiger partial charge in [0.25, 0.3) is 0 Å². The van der Waals surface area contributed by atoms with E-state index >= 15 is 0 Å². The average molecular weight is 427 g/mol. The van der Waals surface area contributed by atoms with Gasteiger partial charge in [-0.2, -0.15) is 0 Å². The minimum absolute atomic E-state index is 0.0916. The molecule has 0 unspecified atom stereocenters. The number of halogens is 2. The zero-order chi connectivity index (χ0) is 20.5. The van der Waals surface area contributed by atoms with Crippen LogP contribution in [0.1, 0.15) is 12.5 Å². The monoisotopic (exact) mass is 426 g/mol. The van der Waals surface area contributed by atoms with E-state index in [-0.39, 0.29) is 17.1 Å². The number of ether oxygens (including phenoxy) is 1. The van der Waals surface area contributed by atoms with Crippen LogP contribution in [0.5, 0.6) is 5.75 Å². The summed E-state index contributed by atoms with van der Waals surface area (Å²) in [6, 6.07) is 13.9. The molecule has 6 heteroatoms. The van der Waals surface area contributed by atoms with Gasteiger partial charge in [0, 0.05) is 28.6 Å². The summed E-state index contributed by atoms with van der Waals surface area (Å²) in [6.45, 7) is 1.69. The van der Waals surface area contributed by atoms with Gasteiger partial charge < -0.3 is 14.3 Å². The summed E-state index contributed by atoms with van der Waals surface area (Å²) in [5.41, 5.74) is 3.12. The number of hydrogen-bond acceptors (Lipinski definition) is 4. The Morgan fingerprint density at radius 3 is 2.62 bits per heavy atom. The Morgan fingerprint density at radius 1 is 1.07 bits per heavy atom. The normalized spacial score (nSPS) is 11.6. The van der Waals surface area contributed by atoms with E-state index in [2.05, 4.69) is 0 Å². The van der Waals surface area contributed by atoms with Gasteiger partial charge in [-0.1, -0.05) is 53.5 Å². The van der Waals surface area contributed by atoms with Gasteiger partial charge in [-0.25, -0.2) is 0 Å². The highest BCUT2D eigenvalue weighted by molar-refractivity contribution is 6.33. The molecule has 1 aliphatic heterocycles. The fourth-order valence-corrected chi connectivity index (χ4v) is 3.69. The first-order valence-electron chi connectivity index (χ1n) is 8.90. The molecule has 1 heterocycles. The molecule has 2 aromatic carbocycles. The van der Waals surface area contributed by atoms with Crippen LogP contribution in [-0.4, -0.2) is 5.11 Å². The van der Waals surface area contributed by atoms with E-state index in [1.165, 1.54) is 12.3 Å². The first-order valence-corrected chi connectivity index (χ1v) is 9.65. The number of rotatable bonds is 4. The van der Waals surface area contributed by atoms with Crippen molar-refractivity contribution in [2.75, 3.05) is 0 Å². The van der Waals surface area contributed by atoms with E-state index in [1.807, 2.05) is 31.2 Å². The van der Waals surface area contributed by atoms with Crippen LogP contribution in [0, 0.1) is 0 Å². The molecule has 2 aliphatic rings. The molecule has 0 radical (unpaired) electrons. The number of aliphatic hydroxyl groups is 1. The van der Waals surface area contributed by atoms with E-state index in [4.69, 9.17) is 32.4 Å². The summed E-state index contributed by atoms with van der Waals surface area (Å²) in [5, 5.41) is 11.1. The molecule has 0 spiro atoms. The van der Waals surface area contributed by atoms with Crippen molar-refractivity contribution in [3.05, 3.63) is 86.7 Å². The minimum atomic E-state index is -0.331. The molecule has 0 saturated heterocycles. The van der Waals surface area contributed by atoms with Crippen LogP contribution in [0.4, 0.5) is 0 Å². The maximum absolute atomic E-state index is 12.1. The summed E-state index contributed by atoms with van der Waals surface area (Å²) in [7, 11) is 0. The molecule has 146 valence electrons. The third-order valence-electron chi connectivity index (χ3n) is 4.61. The molecule has 4 rings (SSSR count). The lowest BCUT2D eigenvalue weighted by Crippen LogP contribution is -2.03. The molecule has 29 heavy (non-hydrogen) atoms. The highest BCUT2D eigenvalue weighted by Crippen LogP contribution is 2.44. The Balaban J connectivity index is 2.16. The van der Waals surface area contributed by atoms with Crippen LogP contribution in [0.15, 0.2) is 70.1 Å². The molecule has 1 aliphatic carbocycles. The van der Waals surface area contributed by atoms with Crippen molar-refractivity contribution in [1.82, 2.24) is 0 Å². The first kappa shape index (κ1) is 19.5. The molecule has 4 nitrogen and oxygen atoms in total. The lowest BCUT2D eigenvalue weighted by molar-refractivity contribution is 0.282. The second kappa shape index (κ2) is 7.91. The summed E-state index contributed by atoms with van der Waals surface area (Å²) < 4.78 is 11.6. The number of hydrogen-bond donors (Lipinski definition) is 1. The van der Waals surface area contributed by atoms with Crippen molar-refractivity contribution in [2.24, 2.45) is 0 Å². The lowest BCUT2D eigenvalue weighted by atomic mass is 9.91. The Labute approximate surface area is 176 Å². The topological polar surface area (TPSA) is 59.7 Å². The minimum Gasteiger partial charge on any atom is -0.464 e. The Bertz CT molecular complexity index is 1270. The van der Waals surface area contributed by atoms with E-state index in [9.17, 15) is 9.90 Å². The summed E-state index contributed by atoms with van der Waals surface area (Å²) in [6.07, 6.45) is 3.26. The summed E-state index contributed by atoms with van der Waals surface area (Å²) >= 11 is 12.6. The average Bonchev–Trinajstić information content (AvgIpc) is 2.72. The maximum atomic E-state index is 12.1. The highest BCUT2D eigenvalue weighted by atomic mass is 35.5. The Hall–Kier alpha value is -2.79. The van der Waals surface area contributed by atoms with Crippen molar-refractivity contribution in [3.63, 3.8) is 0 Å². The molecule has 2 aromatic rings. The van der Waals surface area contributed by atoms with Crippen LogP contribution >= 0.6 is 23.2 Å². The molecule has 0 amide bonds. The largest absolute Gasteiger partial charge is 0.464 e. The second-order valence-electron chi connectivity index (χ2n) is 6.44. The smallest absolute Gasteiger partial charge is 0.200 e. The summed E-state index contributed by atoms with van der Waals surface area (Å²) in [5.74, 6) is 0.812. The molecule has 0 atom stereocenters. The van der Waals surface area contributed by atoms with Gasteiger partial charge in [-0.05, 0) is 30.2 Å². The van der Waals surface area contributed by atoms with E-state index in [1.54, 1.807) is 24.3 Å². The molecule has 0 aromatic heterocycles. The second-order valence-corrected chi connectivity index (χ2v) is 7.25. The quantitative estimate of drug-likeness (QED) is 0.308. The van der Waals surface area contributed by atoms with Crippen molar-refractivity contribution < 1.29 is 14.3 Å². The van der Waals surface area contributed by atoms with E-state index < -0.39 is 0 Å². The molecule has 0 fully saturated rings. The van der Waals surface area contributed by atoms with Crippen LogP contribution in [0.2, 0.25) is 10.0 Å². The van der Waals surface area contributed by atoms with Gasteiger partial charge in [0.1, 0.15) is 17.1 Å². The first-order chi connectivity index (χ1) is 14.0. The molecular formula is C23H16Cl2O4. The van der Waals surface area contributed by atoms with Crippen molar-refractivity contribution >= 4 is 34.2 Å². The zero-order valence-electron chi connectivity index (χ0n) is 15.4. The molecule has 0 saturated carbocycles. The number of fused-ring (bicyclic) bond motifs is 2. The van der Waals surface area contributed by atoms with Gasteiger partial charge in [0.15, 0.2) is 0 Å². The van der Waals surface area contributed by atoms with Gasteiger partial charge >= 0.3 is 0 Å². The number of benzene rings is 3. The van der Waals surface area contributed by atoms with Gasteiger partial charge in [0.05, 0.1) is 22.9 Å². The predicted molar refractivity (Wildman–Crippen MR) is 116 cm³/mol. The third kappa shape index (κ3) is 3.51. The number of aliphatic hydroxyl groups excluding tert-OH is 1. The third-order valence-corrected chi connectivity index (χ3v) is 5.21.